The Morgan fingerprint density at radius 1 is 1.18 bits per heavy atom. The maximum atomic E-state index is 12.0. The Kier molecular flexibility index (Phi) is 4.33. The molecule has 0 radical (unpaired) electrons. The molecule has 0 amide bonds. The molecule has 0 aliphatic carbocycles. The molecule has 0 spiro atoms. The van der Waals surface area contributed by atoms with Crippen LogP contribution in [-0.4, -0.2) is 25.4 Å². The molecule has 0 fully saturated rings. The predicted octanol–water partition coefficient (Wildman–Crippen LogP) is 2.26. The first-order valence-electron chi connectivity index (χ1n) is 5.69. The number of hydrogen-bond acceptors (Lipinski definition) is 3. The van der Waals surface area contributed by atoms with Crippen molar-refractivity contribution in [3.05, 3.63) is 30.3 Å². The minimum Gasteiger partial charge on any atom is -0.393 e. The van der Waals surface area contributed by atoms with Crippen LogP contribution in [0.1, 0.15) is 27.2 Å². The maximum Gasteiger partial charge on any atom is 0.178 e. The molecule has 0 unspecified atom stereocenters. The Balaban J connectivity index is 2.70. The Labute approximate surface area is 103 Å². The standard InChI is InChI=1S/C13H20O3S/c1-13(2,3)12(14)9-10-17(15,16)11-7-5-4-6-8-11/h4-8,12,14H,9-10H2,1-3H3/t12-/m0/s1. The molecule has 0 aliphatic rings. The highest BCUT2D eigenvalue weighted by atomic mass is 32.2. The number of hydrogen-bond donors (Lipinski definition) is 1. The lowest BCUT2D eigenvalue weighted by Crippen LogP contribution is -2.28. The summed E-state index contributed by atoms with van der Waals surface area (Å²) in [5.74, 6) is -0.0184. The molecule has 0 heterocycles. The number of aliphatic hydroxyl groups excluding tert-OH is 1. The molecule has 1 aromatic rings. The van der Waals surface area contributed by atoms with Crippen molar-refractivity contribution >= 4 is 9.84 Å². The highest BCUT2D eigenvalue weighted by molar-refractivity contribution is 7.91. The minimum absolute atomic E-state index is 0.0184. The van der Waals surface area contributed by atoms with Gasteiger partial charge in [-0.05, 0) is 24.0 Å². The van der Waals surface area contributed by atoms with E-state index in [4.69, 9.17) is 0 Å². The predicted molar refractivity (Wildman–Crippen MR) is 68.6 cm³/mol. The van der Waals surface area contributed by atoms with Gasteiger partial charge in [0, 0.05) is 0 Å². The van der Waals surface area contributed by atoms with Crippen molar-refractivity contribution in [1.82, 2.24) is 0 Å². The van der Waals surface area contributed by atoms with E-state index in [0.29, 0.717) is 4.90 Å². The summed E-state index contributed by atoms with van der Waals surface area (Å²) in [7, 11) is -3.28. The van der Waals surface area contributed by atoms with E-state index in [2.05, 4.69) is 0 Å². The summed E-state index contributed by atoms with van der Waals surface area (Å²) in [5, 5.41) is 9.83. The fourth-order valence-corrected chi connectivity index (χ4v) is 2.79. The molecule has 0 saturated heterocycles. The average molecular weight is 256 g/mol. The van der Waals surface area contributed by atoms with E-state index in [1.54, 1.807) is 30.3 Å². The normalized spacial score (nSPS) is 14.6. The maximum absolute atomic E-state index is 12.0. The molecule has 4 heteroatoms. The second-order valence-corrected chi connectivity index (χ2v) is 7.41. The van der Waals surface area contributed by atoms with E-state index in [1.807, 2.05) is 20.8 Å². The second-order valence-electron chi connectivity index (χ2n) is 5.30. The van der Waals surface area contributed by atoms with Crippen LogP contribution in [0.25, 0.3) is 0 Å². The largest absolute Gasteiger partial charge is 0.393 e. The van der Waals surface area contributed by atoms with E-state index in [9.17, 15) is 13.5 Å². The van der Waals surface area contributed by atoms with Gasteiger partial charge in [0.15, 0.2) is 9.84 Å². The molecule has 1 atom stereocenters. The molecule has 1 N–H and O–H groups in total. The third-order valence-electron chi connectivity index (χ3n) is 2.76. The fourth-order valence-electron chi connectivity index (χ4n) is 1.45. The van der Waals surface area contributed by atoms with Crippen molar-refractivity contribution in [3.63, 3.8) is 0 Å². The lowest BCUT2D eigenvalue weighted by Gasteiger charge is -2.25. The van der Waals surface area contributed by atoms with Crippen molar-refractivity contribution < 1.29 is 13.5 Å². The Morgan fingerprint density at radius 3 is 2.18 bits per heavy atom. The van der Waals surface area contributed by atoms with Crippen molar-refractivity contribution in [2.45, 2.75) is 38.2 Å². The lowest BCUT2D eigenvalue weighted by atomic mass is 9.88. The van der Waals surface area contributed by atoms with Gasteiger partial charge in [0.1, 0.15) is 0 Å². The van der Waals surface area contributed by atoms with Gasteiger partial charge in [-0.25, -0.2) is 8.42 Å². The van der Waals surface area contributed by atoms with Gasteiger partial charge >= 0.3 is 0 Å². The molecule has 96 valence electrons. The third-order valence-corrected chi connectivity index (χ3v) is 4.53. The van der Waals surface area contributed by atoms with Crippen molar-refractivity contribution in [2.24, 2.45) is 5.41 Å². The fraction of sp³-hybridized carbons (Fsp3) is 0.538. The van der Waals surface area contributed by atoms with Crippen LogP contribution in [0.3, 0.4) is 0 Å². The van der Waals surface area contributed by atoms with Crippen molar-refractivity contribution in [2.75, 3.05) is 5.75 Å². The first-order valence-corrected chi connectivity index (χ1v) is 7.34. The van der Waals surface area contributed by atoms with Crippen molar-refractivity contribution in [1.29, 1.82) is 0 Å². The van der Waals surface area contributed by atoms with Gasteiger partial charge in [-0.1, -0.05) is 39.0 Å². The van der Waals surface area contributed by atoms with E-state index in [1.165, 1.54) is 0 Å². The second kappa shape index (κ2) is 5.19. The minimum atomic E-state index is -3.28. The Hall–Kier alpha value is -0.870. The van der Waals surface area contributed by atoms with E-state index < -0.39 is 15.9 Å². The zero-order valence-electron chi connectivity index (χ0n) is 10.6. The molecule has 0 aromatic heterocycles. The highest BCUT2D eigenvalue weighted by Crippen LogP contribution is 2.23. The summed E-state index contributed by atoms with van der Waals surface area (Å²) in [5.41, 5.74) is -0.286. The lowest BCUT2D eigenvalue weighted by molar-refractivity contribution is 0.0607. The van der Waals surface area contributed by atoms with Gasteiger partial charge < -0.3 is 5.11 Å². The van der Waals surface area contributed by atoms with E-state index in [-0.39, 0.29) is 17.6 Å². The molecule has 0 bridgehead atoms. The molecule has 17 heavy (non-hydrogen) atoms. The van der Waals surface area contributed by atoms with Crippen LogP contribution in [-0.2, 0) is 9.84 Å². The van der Waals surface area contributed by atoms with Gasteiger partial charge in [-0.2, -0.15) is 0 Å². The number of rotatable bonds is 4. The van der Waals surface area contributed by atoms with Crippen molar-refractivity contribution in [3.8, 4) is 0 Å². The van der Waals surface area contributed by atoms with E-state index >= 15 is 0 Å². The molecule has 3 nitrogen and oxygen atoms in total. The van der Waals surface area contributed by atoms with Crippen LogP contribution in [0, 0.1) is 5.41 Å². The zero-order chi connectivity index (χ0) is 13.1. The zero-order valence-corrected chi connectivity index (χ0v) is 11.4. The SMILES string of the molecule is CC(C)(C)[C@@H](O)CCS(=O)(=O)c1ccccc1. The van der Waals surface area contributed by atoms with Crippen LogP contribution in [0.15, 0.2) is 35.2 Å². The quantitative estimate of drug-likeness (QED) is 0.899. The molecule has 0 aliphatic heterocycles. The summed E-state index contributed by atoms with van der Waals surface area (Å²) in [6.45, 7) is 5.69. The third kappa shape index (κ3) is 4.13. The molecule has 0 saturated carbocycles. The van der Waals surface area contributed by atoms with Gasteiger partial charge in [0.05, 0.1) is 16.8 Å². The van der Waals surface area contributed by atoms with Crippen LogP contribution >= 0.6 is 0 Å². The Bertz CT molecular complexity index is 443. The molecule has 1 rings (SSSR count). The summed E-state index contributed by atoms with van der Waals surface area (Å²) in [6, 6.07) is 8.35. The van der Waals surface area contributed by atoms with Crippen LogP contribution in [0.5, 0.6) is 0 Å². The summed E-state index contributed by atoms with van der Waals surface area (Å²) in [4.78, 5) is 0.320. The first-order chi connectivity index (χ1) is 7.73. The average Bonchev–Trinajstić information content (AvgIpc) is 2.26. The smallest absolute Gasteiger partial charge is 0.178 e. The number of benzene rings is 1. The summed E-state index contributed by atoms with van der Waals surface area (Å²) < 4.78 is 23.9. The van der Waals surface area contributed by atoms with Crippen LogP contribution in [0.4, 0.5) is 0 Å². The van der Waals surface area contributed by atoms with Gasteiger partial charge in [0.25, 0.3) is 0 Å². The first kappa shape index (κ1) is 14.2. The summed E-state index contributed by atoms with van der Waals surface area (Å²) >= 11 is 0. The number of aliphatic hydroxyl groups is 1. The molecule has 1 aromatic carbocycles. The topological polar surface area (TPSA) is 54.4 Å². The monoisotopic (exact) mass is 256 g/mol. The molecular weight excluding hydrogens is 236 g/mol. The van der Waals surface area contributed by atoms with Gasteiger partial charge in [-0.3, -0.25) is 0 Å². The number of sulfone groups is 1. The summed E-state index contributed by atoms with van der Waals surface area (Å²) in [6.07, 6.45) is -0.346. The van der Waals surface area contributed by atoms with Gasteiger partial charge in [-0.15, -0.1) is 0 Å². The highest BCUT2D eigenvalue weighted by Gasteiger charge is 2.24. The van der Waals surface area contributed by atoms with E-state index in [0.717, 1.165) is 0 Å². The van der Waals surface area contributed by atoms with Crippen LogP contribution in [0.2, 0.25) is 0 Å². The Morgan fingerprint density at radius 2 is 1.71 bits per heavy atom. The van der Waals surface area contributed by atoms with Gasteiger partial charge in [0.2, 0.25) is 0 Å². The molecular formula is C13H20O3S. The van der Waals surface area contributed by atoms with Crippen LogP contribution < -0.4 is 0 Å².